The van der Waals surface area contributed by atoms with E-state index in [1.807, 2.05) is 30.3 Å². The highest BCUT2D eigenvalue weighted by Gasteiger charge is 2.36. The van der Waals surface area contributed by atoms with Crippen LogP contribution in [0.25, 0.3) is 10.8 Å². The molecule has 1 heterocycles. The van der Waals surface area contributed by atoms with Crippen molar-refractivity contribution in [2.24, 2.45) is 0 Å². The van der Waals surface area contributed by atoms with Gasteiger partial charge in [0.05, 0.1) is 7.11 Å². The highest BCUT2D eigenvalue weighted by atomic mass is 16.5. The van der Waals surface area contributed by atoms with Crippen molar-refractivity contribution in [1.82, 2.24) is 10.2 Å². The number of hydrogen-bond acceptors (Lipinski definition) is 4. The number of nitrogens with one attached hydrogen (secondary N) is 1. The van der Waals surface area contributed by atoms with E-state index in [1.54, 1.807) is 19.1 Å². The molecule has 0 bridgehead atoms. The van der Waals surface area contributed by atoms with Gasteiger partial charge in [-0.05, 0) is 42.7 Å². The van der Waals surface area contributed by atoms with Crippen LogP contribution < -0.4 is 5.32 Å². The fourth-order valence-electron chi connectivity index (χ4n) is 3.33. The molecular weight excluding hydrogens is 332 g/mol. The Morgan fingerprint density at radius 2 is 1.88 bits per heavy atom. The van der Waals surface area contributed by atoms with Gasteiger partial charge in [0.25, 0.3) is 5.91 Å². The van der Waals surface area contributed by atoms with E-state index in [4.69, 9.17) is 4.74 Å². The van der Waals surface area contributed by atoms with Gasteiger partial charge in [0.1, 0.15) is 12.1 Å². The minimum absolute atomic E-state index is 0.271. The van der Waals surface area contributed by atoms with Crippen LogP contribution in [0.2, 0.25) is 0 Å². The van der Waals surface area contributed by atoms with E-state index in [-0.39, 0.29) is 11.8 Å². The fraction of sp³-hybridized carbons (Fsp3) is 0.350. The van der Waals surface area contributed by atoms with Crippen molar-refractivity contribution >= 4 is 28.6 Å². The minimum Gasteiger partial charge on any atom is -0.467 e. The Balaban J connectivity index is 1.69. The zero-order valence-electron chi connectivity index (χ0n) is 14.9. The molecule has 0 unspecified atom stereocenters. The summed E-state index contributed by atoms with van der Waals surface area (Å²) in [5, 5.41) is 4.74. The standard InChI is InChI=1S/C20H22N2O4/c1-13(19(24)22-11-5-8-17(22)20(25)26-2)21-18(23)16-10-9-14-6-3-4-7-15(14)12-16/h3-4,6-7,9-10,12-13,17H,5,8,11H2,1-2H3,(H,21,23)/t13-,17-/m0/s1. The number of fused-ring (bicyclic) bond motifs is 1. The molecule has 2 amide bonds. The molecule has 2 aromatic carbocycles. The van der Waals surface area contributed by atoms with Gasteiger partial charge in [-0.2, -0.15) is 0 Å². The first-order chi connectivity index (χ1) is 12.5. The molecule has 0 radical (unpaired) electrons. The smallest absolute Gasteiger partial charge is 0.328 e. The largest absolute Gasteiger partial charge is 0.467 e. The van der Waals surface area contributed by atoms with Crippen LogP contribution in [0.4, 0.5) is 0 Å². The van der Waals surface area contributed by atoms with Gasteiger partial charge in [0, 0.05) is 12.1 Å². The zero-order chi connectivity index (χ0) is 18.7. The Bertz CT molecular complexity index is 849. The lowest BCUT2D eigenvalue weighted by Gasteiger charge is -2.26. The molecule has 3 rings (SSSR count). The van der Waals surface area contributed by atoms with Crippen LogP contribution in [0, 0.1) is 0 Å². The number of esters is 1. The third-order valence-electron chi connectivity index (χ3n) is 4.74. The molecule has 0 saturated carbocycles. The molecule has 1 aliphatic rings. The van der Waals surface area contributed by atoms with E-state index in [1.165, 1.54) is 12.0 Å². The van der Waals surface area contributed by atoms with Crippen molar-refractivity contribution in [1.29, 1.82) is 0 Å². The van der Waals surface area contributed by atoms with E-state index in [2.05, 4.69) is 5.32 Å². The third-order valence-corrected chi connectivity index (χ3v) is 4.74. The van der Waals surface area contributed by atoms with Crippen molar-refractivity contribution in [3.8, 4) is 0 Å². The number of rotatable bonds is 4. The van der Waals surface area contributed by atoms with Crippen LogP contribution >= 0.6 is 0 Å². The van der Waals surface area contributed by atoms with Crippen LogP contribution in [-0.4, -0.2) is 48.4 Å². The lowest BCUT2D eigenvalue weighted by Crippen LogP contribution is -2.50. The van der Waals surface area contributed by atoms with Crippen molar-refractivity contribution in [2.75, 3.05) is 13.7 Å². The van der Waals surface area contributed by atoms with Gasteiger partial charge in [0.15, 0.2) is 0 Å². The summed E-state index contributed by atoms with van der Waals surface area (Å²) in [5.41, 5.74) is 0.495. The molecule has 0 aromatic heterocycles. The van der Waals surface area contributed by atoms with E-state index < -0.39 is 18.1 Å². The summed E-state index contributed by atoms with van der Waals surface area (Å²) in [5.74, 6) is -0.999. The summed E-state index contributed by atoms with van der Waals surface area (Å²) in [6.07, 6.45) is 1.33. The van der Waals surface area contributed by atoms with Crippen LogP contribution in [0.3, 0.4) is 0 Å². The quantitative estimate of drug-likeness (QED) is 0.854. The second kappa shape index (κ2) is 7.56. The monoisotopic (exact) mass is 354 g/mol. The molecule has 2 atom stereocenters. The molecular formula is C20H22N2O4. The van der Waals surface area contributed by atoms with Crippen molar-refractivity contribution in [3.05, 3.63) is 48.0 Å². The maximum atomic E-state index is 12.7. The number of hydrogen-bond donors (Lipinski definition) is 1. The topological polar surface area (TPSA) is 75.7 Å². The second-order valence-corrected chi connectivity index (χ2v) is 6.47. The zero-order valence-corrected chi connectivity index (χ0v) is 14.9. The van der Waals surface area contributed by atoms with Crippen molar-refractivity contribution < 1.29 is 19.1 Å². The fourth-order valence-corrected chi connectivity index (χ4v) is 3.33. The van der Waals surface area contributed by atoms with Gasteiger partial charge in [-0.15, -0.1) is 0 Å². The summed E-state index contributed by atoms with van der Waals surface area (Å²) < 4.78 is 4.77. The predicted molar refractivity (Wildman–Crippen MR) is 97.6 cm³/mol. The Labute approximate surface area is 152 Å². The van der Waals surface area contributed by atoms with E-state index in [0.29, 0.717) is 18.5 Å². The Morgan fingerprint density at radius 1 is 1.15 bits per heavy atom. The van der Waals surface area contributed by atoms with E-state index in [0.717, 1.165) is 17.2 Å². The number of nitrogens with zero attached hydrogens (tertiary/aromatic N) is 1. The van der Waals surface area contributed by atoms with Gasteiger partial charge >= 0.3 is 5.97 Å². The summed E-state index contributed by atoms with van der Waals surface area (Å²) in [6.45, 7) is 2.13. The Hall–Kier alpha value is -2.89. The van der Waals surface area contributed by atoms with Gasteiger partial charge in [-0.25, -0.2) is 4.79 Å². The SMILES string of the molecule is COC(=O)[C@@H]1CCCN1C(=O)[C@H](C)NC(=O)c1ccc2ccccc2c1. The first-order valence-corrected chi connectivity index (χ1v) is 8.69. The molecule has 26 heavy (non-hydrogen) atoms. The number of amides is 2. The van der Waals surface area contributed by atoms with E-state index in [9.17, 15) is 14.4 Å². The van der Waals surface area contributed by atoms with Crippen molar-refractivity contribution in [2.45, 2.75) is 31.8 Å². The predicted octanol–water partition coefficient (Wildman–Crippen LogP) is 2.12. The lowest BCUT2D eigenvalue weighted by atomic mass is 10.1. The number of carbonyl (C=O) groups excluding carboxylic acids is 3. The molecule has 1 saturated heterocycles. The Kier molecular flexibility index (Phi) is 5.21. The highest BCUT2D eigenvalue weighted by Crippen LogP contribution is 2.20. The first kappa shape index (κ1) is 17.9. The molecule has 136 valence electrons. The normalized spacial score (nSPS) is 17.8. The van der Waals surface area contributed by atoms with Crippen LogP contribution in [-0.2, 0) is 14.3 Å². The molecule has 1 aliphatic heterocycles. The number of carbonyl (C=O) groups is 3. The summed E-state index contributed by atoms with van der Waals surface area (Å²) in [7, 11) is 1.31. The van der Waals surface area contributed by atoms with Gasteiger partial charge < -0.3 is 15.0 Å². The third kappa shape index (κ3) is 3.54. The first-order valence-electron chi connectivity index (χ1n) is 8.69. The molecule has 0 aliphatic carbocycles. The molecule has 2 aromatic rings. The van der Waals surface area contributed by atoms with Gasteiger partial charge in [-0.1, -0.05) is 30.3 Å². The molecule has 6 nitrogen and oxygen atoms in total. The summed E-state index contributed by atoms with van der Waals surface area (Å²) >= 11 is 0. The molecule has 0 spiro atoms. The number of benzene rings is 2. The highest BCUT2D eigenvalue weighted by molar-refractivity contribution is 6.01. The number of ether oxygens (including phenoxy) is 1. The molecule has 1 N–H and O–H groups in total. The average Bonchev–Trinajstić information content (AvgIpc) is 3.15. The van der Waals surface area contributed by atoms with E-state index >= 15 is 0 Å². The second-order valence-electron chi connectivity index (χ2n) is 6.47. The average molecular weight is 354 g/mol. The summed E-state index contributed by atoms with van der Waals surface area (Å²) in [4.78, 5) is 38.5. The van der Waals surface area contributed by atoms with Crippen LogP contribution in [0.15, 0.2) is 42.5 Å². The molecule has 1 fully saturated rings. The van der Waals surface area contributed by atoms with Gasteiger partial charge in [-0.3, -0.25) is 9.59 Å². The van der Waals surface area contributed by atoms with Crippen LogP contribution in [0.1, 0.15) is 30.1 Å². The minimum atomic E-state index is -0.723. The maximum Gasteiger partial charge on any atom is 0.328 e. The lowest BCUT2D eigenvalue weighted by molar-refractivity contribution is -0.151. The van der Waals surface area contributed by atoms with Crippen LogP contribution in [0.5, 0.6) is 0 Å². The number of methoxy groups -OCH3 is 1. The van der Waals surface area contributed by atoms with Gasteiger partial charge in [0.2, 0.25) is 5.91 Å². The number of likely N-dealkylation sites (tertiary alicyclic amines) is 1. The Morgan fingerprint density at radius 3 is 2.62 bits per heavy atom. The maximum absolute atomic E-state index is 12.7. The molecule has 6 heteroatoms. The summed E-state index contributed by atoms with van der Waals surface area (Å²) in [6, 6.07) is 11.9. The van der Waals surface area contributed by atoms with Crippen molar-refractivity contribution in [3.63, 3.8) is 0 Å².